The van der Waals surface area contributed by atoms with E-state index in [1.54, 1.807) is 32.9 Å². The first-order chi connectivity index (χ1) is 8.69. The molecule has 0 radical (unpaired) electrons. The summed E-state index contributed by atoms with van der Waals surface area (Å²) in [7, 11) is 0. The Kier molecular flexibility index (Phi) is 4.94. The Morgan fingerprint density at radius 1 is 1.32 bits per heavy atom. The van der Waals surface area contributed by atoms with Gasteiger partial charge in [-0.05, 0) is 39.0 Å². The van der Waals surface area contributed by atoms with Gasteiger partial charge < -0.3 is 15.2 Å². The molecule has 0 saturated carbocycles. The lowest BCUT2D eigenvalue weighted by atomic mass is 10.2. The number of nitrogens with two attached hydrogens (primary N) is 1. The number of ether oxygens (including phenoxy) is 2. The fraction of sp³-hybridized carbons (Fsp3) is 0.385. The van der Waals surface area contributed by atoms with Crippen molar-refractivity contribution >= 4 is 33.6 Å². The summed E-state index contributed by atoms with van der Waals surface area (Å²) in [6, 6.07) is 4.82. The van der Waals surface area contributed by atoms with Crippen LogP contribution in [0.4, 0.5) is 5.69 Å². The minimum Gasteiger partial charge on any atom is -0.457 e. The van der Waals surface area contributed by atoms with E-state index < -0.39 is 24.1 Å². The maximum Gasteiger partial charge on any atom is 0.344 e. The lowest BCUT2D eigenvalue weighted by molar-refractivity contribution is -0.158. The van der Waals surface area contributed by atoms with Crippen LogP contribution in [0.2, 0.25) is 0 Å². The smallest absolute Gasteiger partial charge is 0.344 e. The molecule has 0 aliphatic heterocycles. The molecule has 0 saturated heterocycles. The zero-order valence-electron chi connectivity index (χ0n) is 11.0. The molecule has 0 unspecified atom stereocenters. The fourth-order valence-electron chi connectivity index (χ4n) is 1.28. The Bertz CT molecular complexity index is 494. The summed E-state index contributed by atoms with van der Waals surface area (Å²) in [5, 5.41) is 0. The van der Waals surface area contributed by atoms with Crippen LogP contribution < -0.4 is 5.73 Å². The summed E-state index contributed by atoms with van der Waals surface area (Å²) in [6.07, 6.45) is 0. The first-order valence-electron chi connectivity index (χ1n) is 5.63. The number of anilines is 1. The van der Waals surface area contributed by atoms with Crippen molar-refractivity contribution < 1.29 is 19.1 Å². The average Bonchev–Trinajstić information content (AvgIpc) is 2.27. The highest BCUT2D eigenvalue weighted by atomic mass is 79.9. The number of carbonyl (C=O) groups excluding carboxylic acids is 2. The third kappa shape index (κ3) is 5.30. The van der Waals surface area contributed by atoms with Crippen LogP contribution >= 0.6 is 15.9 Å². The molecule has 6 heteroatoms. The van der Waals surface area contributed by atoms with Crippen molar-refractivity contribution in [2.75, 3.05) is 12.3 Å². The topological polar surface area (TPSA) is 78.6 Å². The van der Waals surface area contributed by atoms with E-state index in [1.807, 2.05) is 0 Å². The first kappa shape index (κ1) is 15.5. The van der Waals surface area contributed by atoms with E-state index in [0.717, 1.165) is 0 Å². The van der Waals surface area contributed by atoms with Gasteiger partial charge in [0.2, 0.25) is 0 Å². The van der Waals surface area contributed by atoms with E-state index in [-0.39, 0.29) is 11.3 Å². The van der Waals surface area contributed by atoms with Gasteiger partial charge in [-0.2, -0.15) is 0 Å². The van der Waals surface area contributed by atoms with Gasteiger partial charge in [0.1, 0.15) is 5.60 Å². The maximum absolute atomic E-state index is 11.8. The van der Waals surface area contributed by atoms with Crippen LogP contribution in [-0.2, 0) is 14.3 Å². The molecule has 0 amide bonds. The van der Waals surface area contributed by atoms with Crippen molar-refractivity contribution in [3.63, 3.8) is 0 Å². The molecule has 0 atom stereocenters. The number of hydrogen-bond donors (Lipinski definition) is 1. The molecule has 104 valence electrons. The van der Waals surface area contributed by atoms with Crippen LogP contribution in [0.1, 0.15) is 31.1 Å². The third-order valence-electron chi connectivity index (χ3n) is 1.98. The Labute approximate surface area is 120 Å². The quantitative estimate of drug-likeness (QED) is 0.681. The molecule has 1 aromatic rings. The Morgan fingerprint density at radius 3 is 2.53 bits per heavy atom. The summed E-state index contributed by atoms with van der Waals surface area (Å²) < 4.78 is 10.6. The van der Waals surface area contributed by atoms with E-state index in [1.165, 1.54) is 6.07 Å². The summed E-state index contributed by atoms with van der Waals surface area (Å²) in [5.41, 5.74) is 5.54. The molecule has 2 N–H and O–H groups in total. The van der Waals surface area contributed by atoms with E-state index in [9.17, 15) is 9.59 Å². The summed E-state index contributed by atoms with van der Waals surface area (Å²) >= 11 is 3.23. The SMILES string of the molecule is CC(C)(C)OC(=O)COC(=O)c1cc(Br)ccc1N. The first-order valence-corrected chi connectivity index (χ1v) is 6.42. The predicted molar refractivity (Wildman–Crippen MR) is 74.7 cm³/mol. The van der Waals surface area contributed by atoms with E-state index in [0.29, 0.717) is 4.47 Å². The number of benzene rings is 1. The third-order valence-corrected chi connectivity index (χ3v) is 2.47. The van der Waals surface area contributed by atoms with E-state index >= 15 is 0 Å². The number of rotatable bonds is 3. The van der Waals surface area contributed by atoms with E-state index in [2.05, 4.69) is 15.9 Å². The molecular weight excluding hydrogens is 314 g/mol. The van der Waals surface area contributed by atoms with Crippen LogP contribution in [0.5, 0.6) is 0 Å². The minimum absolute atomic E-state index is 0.206. The van der Waals surface area contributed by atoms with Crippen molar-refractivity contribution in [2.45, 2.75) is 26.4 Å². The number of nitrogen functional groups attached to an aromatic ring is 1. The van der Waals surface area contributed by atoms with Gasteiger partial charge in [0.25, 0.3) is 0 Å². The molecule has 0 aliphatic carbocycles. The second kappa shape index (κ2) is 6.06. The van der Waals surface area contributed by atoms with Crippen molar-refractivity contribution in [1.82, 2.24) is 0 Å². The van der Waals surface area contributed by atoms with Crippen molar-refractivity contribution in [1.29, 1.82) is 0 Å². The highest BCUT2D eigenvalue weighted by Crippen LogP contribution is 2.19. The van der Waals surface area contributed by atoms with Crippen LogP contribution in [0.15, 0.2) is 22.7 Å². The lowest BCUT2D eigenvalue weighted by Gasteiger charge is -2.19. The highest BCUT2D eigenvalue weighted by Gasteiger charge is 2.19. The van der Waals surface area contributed by atoms with Crippen molar-refractivity contribution in [2.24, 2.45) is 0 Å². The zero-order chi connectivity index (χ0) is 14.6. The molecular formula is C13H16BrNO4. The van der Waals surface area contributed by atoms with Gasteiger partial charge in [0.05, 0.1) is 5.56 Å². The van der Waals surface area contributed by atoms with Gasteiger partial charge in [0, 0.05) is 10.2 Å². The van der Waals surface area contributed by atoms with Crippen LogP contribution in [0.3, 0.4) is 0 Å². The normalized spacial score (nSPS) is 10.9. The number of halogens is 1. The molecule has 0 heterocycles. The van der Waals surface area contributed by atoms with Crippen molar-refractivity contribution in [3.8, 4) is 0 Å². The molecule has 1 aromatic carbocycles. The average molecular weight is 330 g/mol. The number of carbonyl (C=O) groups is 2. The zero-order valence-corrected chi connectivity index (χ0v) is 12.6. The maximum atomic E-state index is 11.8. The predicted octanol–water partition coefficient (Wildman–Crippen LogP) is 2.53. The molecule has 5 nitrogen and oxygen atoms in total. The van der Waals surface area contributed by atoms with Gasteiger partial charge in [-0.15, -0.1) is 0 Å². The van der Waals surface area contributed by atoms with Gasteiger partial charge >= 0.3 is 11.9 Å². The molecule has 0 aromatic heterocycles. The van der Waals surface area contributed by atoms with Crippen molar-refractivity contribution in [3.05, 3.63) is 28.2 Å². The van der Waals surface area contributed by atoms with Crippen LogP contribution in [-0.4, -0.2) is 24.1 Å². The highest BCUT2D eigenvalue weighted by molar-refractivity contribution is 9.10. The van der Waals surface area contributed by atoms with Gasteiger partial charge in [-0.3, -0.25) is 0 Å². The number of hydrogen-bond acceptors (Lipinski definition) is 5. The van der Waals surface area contributed by atoms with E-state index in [4.69, 9.17) is 15.2 Å². The summed E-state index contributed by atoms with van der Waals surface area (Å²) in [6.45, 7) is 4.76. The van der Waals surface area contributed by atoms with Crippen LogP contribution in [0.25, 0.3) is 0 Å². The molecule has 19 heavy (non-hydrogen) atoms. The van der Waals surface area contributed by atoms with Crippen LogP contribution in [0, 0.1) is 0 Å². The van der Waals surface area contributed by atoms with Gasteiger partial charge in [0.15, 0.2) is 6.61 Å². The minimum atomic E-state index is -0.662. The number of esters is 2. The molecule has 0 aliphatic rings. The molecule has 0 bridgehead atoms. The fourth-order valence-corrected chi connectivity index (χ4v) is 1.64. The second-order valence-electron chi connectivity index (χ2n) is 4.89. The monoisotopic (exact) mass is 329 g/mol. The Hall–Kier alpha value is -1.56. The molecule has 1 rings (SSSR count). The van der Waals surface area contributed by atoms with Gasteiger partial charge in [-0.25, -0.2) is 9.59 Å². The Morgan fingerprint density at radius 2 is 1.95 bits per heavy atom. The lowest BCUT2D eigenvalue weighted by Crippen LogP contribution is -2.27. The standard InChI is InChI=1S/C13H16BrNO4/c1-13(2,3)19-11(16)7-18-12(17)9-6-8(14)4-5-10(9)15/h4-6H,7,15H2,1-3H3. The summed E-state index contributed by atoms with van der Waals surface area (Å²) in [5.74, 6) is -1.26. The summed E-state index contributed by atoms with van der Waals surface area (Å²) in [4.78, 5) is 23.2. The molecule has 0 fully saturated rings. The largest absolute Gasteiger partial charge is 0.457 e. The molecule has 0 spiro atoms. The Balaban J connectivity index is 2.61. The second-order valence-corrected chi connectivity index (χ2v) is 5.81. The van der Waals surface area contributed by atoms with Gasteiger partial charge in [-0.1, -0.05) is 15.9 Å².